The first-order valence-corrected chi connectivity index (χ1v) is 10.3. The quantitative estimate of drug-likeness (QED) is 0.742. The van der Waals surface area contributed by atoms with Crippen LogP contribution in [0.5, 0.6) is 0 Å². The minimum absolute atomic E-state index is 0.0765. The van der Waals surface area contributed by atoms with Crippen LogP contribution in [0.3, 0.4) is 0 Å². The molecule has 0 fully saturated rings. The summed E-state index contributed by atoms with van der Waals surface area (Å²) in [5.41, 5.74) is 0. The van der Waals surface area contributed by atoms with Gasteiger partial charge in [-0.05, 0) is 36.7 Å². The van der Waals surface area contributed by atoms with Gasteiger partial charge in [0.15, 0.2) is 0 Å². The number of carbonyl (C=O) groups is 1. The maximum atomic E-state index is 12.0. The predicted octanol–water partition coefficient (Wildman–Crippen LogP) is 3.98. The van der Waals surface area contributed by atoms with Crippen LogP contribution >= 0.6 is 23.1 Å². The topological polar surface area (TPSA) is 32.3 Å². The molecule has 0 aliphatic heterocycles. The van der Waals surface area contributed by atoms with Crippen LogP contribution in [0.4, 0.5) is 0 Å². The zero-order valence-electron chi connectivity index (χ0n) is 14.2. The molecule has 0 radical (unpaired) electrons. The number of hydrogen-bond donors (Lipinski definition) is 1. The number of nitrogens with one attached hydrogen (secondary N) is 1. The molecule has 0 saturated heterocycles. The molecule has 0 bridgehead atoms. The van der Waals surface area contributed by atoms with Crippen LogP contribution in [0.15, 0.2) is 30.3 Å². The van der Waals surface area contributed by atoms with Crippen molar-refractivity contribution in [2.75, 3.05) is 25.9 Å². The van der Waals surface area contributed by atoms with Crippen molar-refractivity contribution in [3.05, 3.63) is 35.2 Å². The van der Waals surface area contributed by atoms with Gasteiger partial charge in [0.25, 0.3) is 0 Å². The van der Waals surface area contributed by atoms with Gasteiger partial charge < -0.3 is 5.32 Å². The van der Waals surface area contributed by atoms with Crippen molar-refractivity contribution in [3.63, 3.8) is 0 Å². The van der Waals surface area contributed by atoms with E-state index in [2.05, 4.69) is 54.4 Å². The van der Waals surface area contributed by atoms with E-state index in [9.17, 15) is 4.79 Å². The highest BCUT2D eigenvalue weighted by Gasteiger charge is 2.14. The summed E-state index contributed by atoms with van der Waals surface area (Å²) < 4.78 is 1.35. The summed E-state index contributed by atoms with van der Waals surface area (Å²) in [7, 11) is 0. The summed E-state index contributed by atoms with van der Waals surface area (Å²) >= 11 is 3.48. The Morgan fingerprint density at radius 2 is 2.13 bits per heavy atom. The lowest BCUT2D eigenvalue weighted by Crippen LogP contribution is -2.38. The smallest absolute Gasteiger partial charge is 0.233 e. The molecule has 1 aromatic heterocycles. The van der Waals surface area contributed by atoms with E-state index >= 15 is 0 Å². The van der Waals surface area contributed by atoms with Crippen LogP contribution < -0.4 is 5.32 Å². The molecular weight excluding hydrogens is 324 g/mol. The summed E-state index contributed by atoms with van der Waals surface area (Å²) in [5.74, 6) is 0.165. The second kappa shape index (κ2) is 9.30. The number of amides is 1. The van der Waals surface area contributed by atoms with E-state index in [4.69, 9.17) is 0 Å². The zero-order valence-corrected chi connectivity index (χ0v) is 15.8. The second-order valence-electron chi connectivity index (χ2n) is 5.54. The van der Waals surface area contributed by atoms with Gasteiger partial charge in [-0.1, -0.05) is 32.0 Å². The average molecular weight is 351 g/mol. The third kappa shape index (κ3) is 5.23. The van der Waals surface area contributed by atoms with Gasteiger partial charge in [-0.3, -0.25) is 9.69 Å². The predicted molar refractivity (Wildman–Crippen MR) is 103 cm³/mol. The Bertz CT molecular complexity index is 589. The lowest BCUT2D eigenvalue weighted by Gasteiger charge is -2.20. The first-order chi connectivity index (χ1) is 11.2. The molecule has 0 saturated carbocycles. The Kier molecular flexibility index (Phi) is 7.40. The second-order valence-corrected chi connectivity index (χ2v) is 7.75. The highest BCUT2D eigenvalue weighted by atomic mass is 32.2. The first-order valence-electron chi connectivity index (χ1n) is 8.18. The van der Waals surface area contributed by atoms with E-state index in [0.29, 0.717) is 6.54 Å². The van der Waals surface area contributed by atoms with Gasteiger partial charge in [-0.25, -0.2) is 0 Å². The molecule has 2 aromatic rings. The van der Waals surface area contributed by atoms with Gasteiger partial charge in [-0.15, -0.1) is 11.3 Å². The van der Waals surface area contributed by atoms with E-state index < -0.39 is 0 Å². The van der Waals surface area contributed by atoms with Crippen LogP contribution in [0, 0.1) is 0 Å². The molecule has 1 aromatic carbocycles. The molecule has 1 unspecified atom stereocenters. The third-order valence-electron chi connectivity index (χ3n) is 3.98. The van der Waals surface area contributed by atoms with Crippen LogP contribution in [0.25, 0.3) is 10.1 Å². The van der Waals surface area contributed by atoms with Gasteiger partial charge in [-0.2, -0.15) is 11.8 Å². The highest BCUT2D eigenvalue weighted by Crippen LogP contribution is 2.26. The normalized spacial score (nSPS) is 12.7. The number of benzene rings is 1. The Morgan fingerprint density at radius 1 is 1.35 bits per heavy atom. The number of carbonyl (C=O) groups excluding carboxylic acids is 1. The number of thiophene rings is 1. The van der Waals surface area contributed by atoms with Crippen molar-refractivity contribution in [1.29, 1.82) is 0 Å². The molecule has 126 valence electrons. The molecule has 1 N–H and O–H groups in total. The van der Waals surface area contributed by atoms with Crippen LogP contribution in [0.1, 0.15) is 25.1 Å². The summed E-state index contributed by atoms with van der Waals surface area (Å²) in [6.07, 6.45) is 2.87. The summed E-state index contributed by atoms with van der Waals surface area (Å²) in [5, 5.41) is 4.46. The minimum Gasteiger partial charge on any atom is -0.354 e. The van der Waals surface area contributed by atoms with Gasteiger partial charge >= 0.3 is 0 Å². The number of fused-ring (bicyclic) bond motifs is 1. The maximum Gasteiger partial charge on any atom is 0.233 e. The fourth-order valence-electron chi connectivity index (χ4n) is 2.59. The molecule has 3 nitrogen and oxygen atoms in total. The zero-order chi connectivity index (χ0) is 16.7. The molecule has 5 heteroatoms. The monoisotopic (exact) mass is 350 g/mol. The number of nitrogens with zero attached hydrogens (tertiary/aromatic N) is 1. The Morgan fingerprint density at radius 3 is 2.78 bits per heavy atom. The van der Waals surface area contributed by atoms with Crippen molar-refractivity contribution in [2.24, 2.45) is 0 Å². The average Bonchev–Trinajstić information content (AvgIpc) is 2.97. The van der Waals surface area contributed by atoms with E-state index in [1.54, 1.807) is 11.8 Å². The van der Waals surface area contributed by atoms with Gasteiger partial charge in [0.2, 0.25) is 5.91 Å². The summed E-state index contributed by atoms with van der Waals surface area (Å²) in [4.78, 5) is 15.8. The van der Waals surface area contributed by atoms with Crippen molar-refractivity contribution in [1.82, 2.24) is 10.2 Å². The van der Waals surface area contributed by atoms with Crippen LogP contribution in [0.2, 0.25) is 0 Å². The molecule has 1 amide bonds. The maximum absolute atomic E-state index is 12.0. The molecule has 0 aliphatic carbocycles. The van der Waals surface area contributed by atoms with E-state index in [1.165, 1.54) is 15.0 Å². The van der Waals surface area contributed by atoms with E-state index in [0.717, 1.165) is 26.1 Å². The van der Waals surface area contributed by atoms with Gasteiger partial charge in [0.1, 0.15) is 0 Å². The van der Waals surface area contributed by atoms with Crippen LogP contribution in [-0.4, -0.2) is 41.9 Å². The Balaban J connectivity index is 1.84. The number of rotatable bonds is 9. The van der Waals surface area contributed by atoms with Crippen molar-refractivity contribution in [3.8, 4) is 0 Å². The fourth-order valence-corrected chi connectivity index (χ4v) is 4.33. The summed E-state index contributed by atoms with van der Waals surface area (Å²) in [6.45, 7) is 7.78. The van der Waals surface area contributed by atoms with Gasteiger partial charge in [0, 0.05) is 29.2 Å². The minimum atomic E-state index is 0.0765. The molecule has 1 atom stereocenters. The highest BCUT2D eigenvalue weighted by molar-refractivity contribution is 7.99. The van der Waals surface area contributed by atoms with Crippen LogP contribution in [-0.2, 0) is 11.3 Å². The lowest BCUT2D eigenvalue weighted by molar-refractivity contribution is -0.120. The molecule has 0 aliphatic rings. The van der Waals surface area contributed by atoms with Crippen molar-refractivity contribution < 1.29 is 4.79 Å². The SMILES string of the molecule is CCC(SC)C(=O)NCCN(CC)Cc1cc2ccccc2s1. The standard InChI is InChI=1S/C18H26N2OS2/c1-4-16(22-3)18(21)19-10-11-20(5-2)13-15-12-14-8-6-7-9-17(14)23-15/h6-9,12,16H,4-5,10-11,13H2,1-3H3,(H,19,21). The Hall–Kier alpha value is -1.04. The lowest BCUT2D eigenvalue weighted by atomic mass is 10.2. The Labute approximate surface area is 147 Å². The largest absolute Gasteiger partial charge is 0.354 e. The third-order valence-corrected chi connectivity index (χ3v) is 6.20. The molecule has 0 spiro atoms. The van der Waals surface area contributed by atoms with Crippen molar-refractivity contribution in [2.45, 2.75) is 32.1 Å². The fraction of sp³-hybridized carbons (Fsp3) is 0.500. The number of thioether (sulfide) groups is 1. The molecule has 23 heavy (non-hydrogen) atoms. The van der Waals surface area contributed by atoms with E-state index in [-0.39, 0.29) is 11.2 Å². The number of likely N-dealkylation sites (N-methyl/N-ethyl adjacent to an activating group) is 1. The molecular formula is C18H26N2OS2. The molecule has 1 heterocycles. The number of hydrogen-bond acceptors (Lipinski definition) is 4. The van der Waals surface area contributed by atoms with E-state index in [1.807, 2.05) is 17.6 Å². The van der Waals surface area contributed by atoms with Gasteiger partial charge in [0.05, 0.1) is 5.25 Å². The first kappa shape index (κ1) is 18.3. The molecule has 2 rings (SSSR count). The van der Waals surface area contributed by atoms with Crippen molar-refractivity contribution >= 4 is 39.1 Å². The summed E-state index contributed by atoms with van der Waals surface area (Å²) in [6, 6.07) is 10.8.